The van der Waals surface area contributed by atoms with Crippen LogP contribution in [0, 0.1) is 0 Å². The molecule has 0 bridgehead atoms. The van der Waals surface area contributed by atoms with Gasteiger partial charge >= 0.3 is 12.2 Å². The van der Waals surface area contributed by atoms with Crippen molar-refractivity contribution in [2.24, 2.45) is 16.7 Å². The van der Waals surface area contributed by atoms with Crippen LogP contribution in [0.3, 0.4) is 0 Å². The summed E-state index contributed by atoms with van der Waals surface area (Å²) in [6.07, 6.45) is 0.0281. The van der Waals surface area contributed by atoms with Gasteiger partial charge in [0.05, 0.1) is 17.8 Å². The fraction of sp³-hybridized carbons (Fsp3) is 0.300. The molecule has 0 fully saturated rings. The Balaban J connectivity index is 1.66. The molecule has 2 amide bonds. The normalized spacial score (nSPS) is 12.3. The zero-order valence-corrected chi connectivity index (χ0v) is 18.5. The summed E-state index contributed by atoms with van der Waals surface area (Å²) in [5, 5.41) is 10.4. The number of fused-ring (bicyclic) bond motifs is 1. The van der Waals surface area contributed by atoms with Crippen LogP contribution in [0.5, 0.6) is 0 Å². The van der Waals surface area contributed by atoms with Crippen molar-refractivity contribution < 1.29 is 18.0 Å². The molecule has 0 saturated carbocycles. The molecule has 0 aromatic carbocycles. The molecule has 0 aliphatic rings. The lowest BCUT2D eigenvalue weighted by molar-refractivity contribution is -0.137. The van der Waals surface area contributed by atoms with Crippen molar-refractivity contribution in [3.05, 3.63) is 42.4 Å². The van der Waals surface area contributed by atoms with Gasteiger partial charge in [-0.25, -0.2) is 25.7 Å². The van der Waals surface area contributed by atoms with Gasteiger partial charge in [-0.3, -0.25) is 5.32 Å². The number of pyridine rings is 2. The van der Waals surface area contributed by atoms with E-state index in [-0.39, 0.29) is 36.2 Å². The Bertz CT molecular complexity index is 1210. The summed E-state index contributed by atoms with van der Waals surface area (Å²) in [6.45, 7) is 3.93. The number of nitrogens with two attached hydrogens (primary N) is 3. The Hall–Kier alpha value is -4.07. The number of nitrogens with zero attached hydrogens (tertiary/aromatic N) is 5. The number of carbonyl (C=O) groups excluding carboxylic acids is 1. The highest BCUT2D eigenvalue weighted by Crippen LogP contribution is 2.35. The van der Waals surface area contributed by atoms with Gasteiger partial charge in [0.1, 0.15) is 17.3 Å². The molecule has 3 rings (SSSR count). The van der Waals surface area contributed by atoms with Crippen LogP contribution >= 0.6 is 0 Å². The predicted molar refractivity (Wildman–Crippen MR) is 122 cm³/mol. The Morgan fingerprint density at radius 1 is 1.26 bits per heavy atom. The number of imidazole rings is 1. The Kier molecular flexibility index (Phi) is 7.10. The van der Waals surface area contributed by atoms with E-state index in [2.05, 4.69) is 25.7 Å². The van der Waals surface area contributed by atoms with Crippen molar-refractivity contribution in [1.29, 1.82) is 0 Å². The van der Waals surface area contributed by atoms with Crippen molar-refractivity contribution in [2.45, 2.75) is 32.5 Å². The summed E-state index contributed by atoms with van der Waals surface area (Å²) >= 11 is 0. The molecule has 14 heteroatoms. The number of amidine groups is 1. The minimum absolute atomic E-state index is 0.0200. The third-order valence-electron chi connectivity index (χ3n) is 4.69. The van der Waals surface area contributed by atoms with Crippen LogP contribution in [0.4, 0.5) is 29.6 Å². The van der Waals surface area contributed by atoms with E-state index in [0.29, 0.717) is 11.2 Å². The van der Waals surface area contributed by atoms with Crippen molar-refractivity contribution in [2.75, 3.05) is 17.6 Å². The van der Waals surface area contributed by atoms with Crippen LogP contribution in [0.25, 0.3) is 16.8 Å². The van der Waals surface area contributed by atoms with E-state index in [4.69, 9.17) is 17.3 Å². The van der Waals surface area contributed by atoms with E-state index in [9.17, 15) is 18.0 Å². The Labute approximate surface area is 192 Å². The topological polar surface area (TPSA) is 165 Å². The molecule has 0 aliphatic heterocycles. The molecule has 3 aromatic rings. The highest BCUT2D eigenvalue weighted by molar-refractivity contribution is 5.89. The van der Waals surface area contributed by atoms with E-state index in [1.54, 1.807) is 22.7 Å². The van der Waals surface area contributed by atoms with Gasteiger partial charge in [-0.1, -0.05) is 0 Å². The summed E-state index contributed by atoms with van der Waals surface area (Å²) in [4.78, 5) is 20.1. The van der Waals surface area contributed by atoms with E-state index in [1.165, 1.54) is 17.5 Å². The van der Waals surface area contributed by atoms with Gasteiger partial charge in [-0.2, -0.15) is 13.2 Å². The van der Waals surface area contributed by atoms with E-state index < -0.39 is 23.6 Å². The van der Waals surface area contributed by atoms with Gasteiger partial charge in [0.2, 0.25) is 0 Å². The molecule has 0 aliphatic carbocycles. The number of anilines is 2. The first-order valence-corrected chi connectivity index (χ1v) is 10.2. The maximum Gasteiger partial charge on any atom is 0.419 e. The van der Waals surface area contributed by atoms with Crippen LogP contribution in [-0.2, 0) is 6.18 Å². The van der Waals surface area contributed by atoms with E-state index >= 15 is 0 Å². The number of carbonyl (C=O) groups is 1. The summed E-state index contributed by atoms with van der Waals surface area (Å²) in [5.74, 6) is 5.59. The largest absolute Gasteiger partial charge is 0.419 e. The van der Waals surface area contributed by atoms with Gasteiger partial charge in [0.25, 0.3) is 0 Å². The number of amides is 2. The predicted octanol–water partition coefficient (Wildman–Crippen LogP) is 2.37. The highest BCUT2D eigenvalue weighted by atomic mass is 19.4. The molecule has 34 heavy (non-hydrogen) atoms. The first-order valence-electron chi connectivity index (χ1n) is 10.2. The third-order valence-corrected chi connectivity index (χ3v) is 4.69. The minimum atomic E-state index is -4.62. The number of halogens is 3. The number of nitrogens with one attached hydrogen (secondary N) is 2. The lowest BCUT2D eigenvalue weighted by atomic mass is 10.1. The van der Waals surface area contributed by atoms with Gasteiger partial charge in [-0.05, 0) is 32.0 Å². The number of hydrogen-bond donors (Lipinski definition) is 5. The van der Waals surface area contributed by atoms with E-state index in [0.717, 1.165) is 6.07 Å². The molecule has 3 heterocycles. The van der Waals surface area contributed by atoms with Crippen molar-refractivity contribution in [3.63, 3.8) is 0 Å². The minimum Gasteiger partial charge on any atom is -0.386 e. The standard InChI is InChI=1S/C20H25F3N10O/c1-11(2)33(26)31-15(24)5-6-27-19(34)30-16-10-32-9-12(3-4-17(32)29-16)13-7-14(20(21,22)23)18(25)28-8-13/h3-4,7-11H,5-6,26H2,1-2H3,(H2,24,31)(H2,25,28)(H2,27,30,34). The maximum atomic E-state index is 13.1. The lowest BCUT2D eigenvalue weighted by Crippen LogP contribution is -2.36. The summed E-state index contributed by atoms with van der Waals surface area (Å²) in [5.41, 5.74) is 11.3. The SMILES string of the molecule is CC(C)N(N)/N=C(\N)CCNC(=O)Nc1cn2cc(-c3cnc(N)c(C(F)(F)F)c3)ccc2n1. The Morgan fingerprint density at radius 3 is 2.68 bits per heavy atom. The molecule has 3 aromatic heterocycles. The summed E-state index contributed by atoms with van der Waals surface area (Å²) < 4.78 is 41.0. The second-order valence-corrected chi connectivity index (χ2v) is 7.66. The van der Waals surface area contributed by atoms with E-state index in [1.807, 2.05) is 13.8 Å². The van der Waals surface area contributed by atoms with Crippen LogP contribution in [0.2, 0.25) is 0 Å². The number of rotatable bonds is 7. The number of urea groups is 1. The molecule has 0 atom stereocenters. The number of hydrogen-bond acceptors (Lipinski definition) is 7. The monoisotopic (exact) mass is 478 g/mol. The third kappa shape index (κ3) is 6.04. The lowest BCUT2D eigenvalue weighted by Gasteiger charge is -2.17. The van der Waals surface area contributed by atoms with Gasteiger partial charge in [0.15, 0.2) is 5.82 Å². The second kappa shape index (κ2) is 9.82. The number of alkyl halides is 3. The van der Waals surface area contributed by atoms with Crippen molar-refractivity contribution in [1.82, 2.24) is 24.8 Å². The molecule has 11 nitrogen and oxygen atoms in total. The van der Waals surface area contributed by atoms with Gasteiger partial charge in [-0.15, -0.1) is 5.10 Å². The average molecular weight is 478 g/mol. The first-order chi connectivity index (χ1) is 15.9. The molecule has 0 radical (unpaired) electrons. The van der Waals surface area contributed by atoms with Crippen LogP contribution < -0.4 is 27.9 Å². The smallest absolute Gasteiger partial charge is 0.386 e. The van der Waals surface area contributed by atoms with Crippen LogP contribution in [0.1, 0.15) is 25.8 Å². The number of hydrazine groups is 1. The van der Waals surface area contributed by atoms with Crippen molar-refractivity contribution in [3.8, 4) is 11.1 Å². The quantitative estimate of drug-likeness (QED) is 0.150. The molecule has 0 unspecified atom stereocenters. The number of nitrogen functional groups attached to an aromatic ring is 1. The number of aromatic nitrogens is 3. The molecular weight excluding hydrogens is 453 g/mol. The number of hydrazone groups is 1. The van der Waals surface area contributed by atoms with Crippen molar-refractivity contribution >= 4 is 29.1 Å². The fourth-order valence-electron chi connectivity index (χ4n) is 2.86. The summed E-state index contributed by atoms with van der Waals surface area (Å²) in [7, 11) is 0. The molecule has 182 valence electrons. The van der Waals surface area contributed by atoms with Gasteiger partial charge < -0.3 is 21.2 Å². The second-order valence-electron chi connectivity index (χ2n) is 7.66. The zero-order valence-electron chi connectivity index (χ0n) is 18.5. The highest BCUT2D eigenvalue weighted by Gasteiger charge is 2.34. The Morgan fingerprint density at radius 2 is 2.00 bits per heavy atom. The molecule has 0 spiro atoms. The first kappa shape index (κ1) is 24.6. The average Bonchev–Trinajstić information content (AvgIpc) is 3.14. The molecule has 0 saturated heterocycles. The zero-order chi connectivity index (χ0) is 25.0. The van der Waals surface area contributed by atoms with Crippen LogP contribution in [-0.4, -0.2) is 43.9 Å². The summed E-state index contributed by atoms with van der Waals surface area (Å²) in [6, 6.07) is 3.61. The molecule has 8 N–H and O–H groups in total. The van der Waals surface area contributed by atoms with Crippen LogP contribution in [0.15, 0.2) is 41.9 Å². The van der Waals surface area contributed by atoms with Gasteiger partial charge in [0, 0.05) is 36.5 Å². The fourth-order valence-corrected chi connectivity index (χ4v) is 2.86. The maximum absolute atomic E-state index is 13.1. The molecular formula is C20H25F3N10O.